The van der Waals surface area contributed by atoms with Gasteiger partial charge in [-0.3, -0.25) is 9.36 Å². The number of aryl methyl sites for hydroxylation is 2. The fourth-order valence-corrected chi connectivity index (χ4v) is 8.16. The smallest absolute Gasteiger partial charge is 0.490 e. The Labute approximate surface area is 485 Å². The molecule has 0 bridgehead atoms. The SMILES string of the molecule is CN(CCCCOc1ccc(-n2nnnc2-c2cc(Br)cnc2N)c(F)c1F)C(=O)OC(C)(C)C.CNCCCCOc1ccc(-n2nnnc2-c2cc(-c3cnn(C)c3)cnc2N)c(F)c1F.Cn1cc(B2OC(C)(C)C(C)(C)O2)cn1. The third kappa shape index (κ3) is 15.5. The van der Waals surface area contributed by atoms with E-state index >= 15 is 0 Å². The third-order valence-electron chi connectivity index (χ3n) is 13.0. The number of ether oxygens (including phenoxy) is 3. The summed E-state index contributed by atoms with van der Waals surface area (Å²) in [6, 6.07) is 8.66. The maximum atomic E-state index is 15.0. The van der Waals surface area contributed by atoms with Crippen LogP contribution < -0.4 is 31.7 Å². The van der Waals surface area contributed by atoms with Crippen LogP contribution in [0.1, 0.15) is 74.1 Å². The minimum absolute atomic E-state index is 0.0948. The molecule has 9 rings (SSSR count). The van der Waals surface area contributed by atoms with E-state index in [1.54, 1.807) is 75.0 Å². The van der Waals surface area contributed by atoms with Gasteiger partial charge in [0.15, 0.2) is 34.8 Å². The number of anilines is 2. The zero-order valence-corrected chi connectivity index (χ0v) is 49.5. The van der Waals surface area contributed by atoms with Gasteiger partial charge in [0.1, 0.15) is 28.6 Å². The summed E-state index contributed by atoms with van der Waals surface area (Å²) in [5.74, 6) is -4.54. The van der Waals surface area contributed by atoms with E-state index in [1.165, 1.54) is 35.4 Å². The summed E-state index contributed by atoms with van der Waals surface area (Å²) in [6.07, 6.45) is 12.5. The van der Waals surface area contributed by atoms with Crippen LogP contribution >= 0.6 is 15.9 Å². The molecule has 1 amide bonds. The van der Waals surface area contributed by atoms with Crippen LogP contribution in [0.25, 0.3) is 45.3 Å². The Balaban J connectivity index is 0.000000192. The number of halogens is 5. The van der Waals surface area contributed by atoms with Crippen molar-refractivity contribution in [2.75, 3.05) is 51.9 Å². The van der Waals surface area contributed by atoms with E-state index in [4.69, 9.17) is 35.0 Å². The van der Waals surface area contributed by atoms with Crippen LogP contribution in [0.5, 0.6) is 11.5 Å². The zero-order chi connectivity index (χ0) is 60.4. The van der Waals surface area contributed by atoms with Crippen molar-refractivity contribution < 1.29 is 45.9 Å². The minimum atomic E-state index is -1.18. The van der Waals surface area contributed by atoms with Crippen LogP contribution in [-0.2, 0) is 28.1 Å². The lowest BCUT2D eigenvalue weighted by Crippen LogP contribution is -2.41. The molecule has 0 unspecified atom stereocenters. The highest BCUT2D eigenvalue weighted by Gasteiger charge is 2.52. The molecule has 0 atom stereocenters. The number of amides is 1. The van der Waals surface area contributed by atoms with E-state index < -0.39 is 35.0 Å². The lowest BCUT2D eigenvalue weighted by Gasteiger charge is -2.32. The van der Waals surface area contributed by atoms with Crippen molar-refractivity contribution >= 4 is 46.2 Å². The summed E-state index contributed by atoms with van der Waals surface area (Å²) in [5.41, 5.74) is 13.6. The Morgan fingerprint density at radius 2 is 1.24 bits per heavy atom. The van der Waals surface area contributed by atoms with E-state index in [9.17, 15) is 22.4 Å². The largest absolute Gasteiger partial charge is 0.498 e. The number of carbonyl (C=O) groups excluding carboxylic acids is 1. The number of hydrogen-bond acceptors (Lipinski definition) is 19. The maximum Gasteiger partial charge on any atom is 0.498 e. The molecule has 1 saturated heterocycles. The molecule has 83 heavy (non-hydrogen) atoms. The van der Waals surface area contributed by atoms with E-state index in [2.05, 4.69) is 72.5 Å². The van der Waals surface area contributed by atoms with Crippen LogP contribution in [-0.4, -0.2) is 145 Å². The second-order valence-electron chi connectivity index (χ2n) is 21.0. The molecule has 1 aliphatic heterocycles. The van der Waals surface area contributed by atoms with Gasteiger partial charge < -0.3 is 45.2 Å². The van der Waals surface area contributed by atoms with E-state index in [0.29, 0.717) is 41.4 Å². The fraction of sp³-hybridized carbons (Fsp3) is 0.415. The Kier molecular flexibility index (Phi) is 20.2. The quantitative estimate of drug-likeness (QED) is 0.0427. The van der Waals surface area contributed by atoms with Crippen LogP contribution in [0.3, 0.4) is 0 Å². The van der Waals surface area contributed by atoms with Gasteiger partial charge >= 0.3 is 13.2 Å². The molecule has 0 spiro atoms. The number of nitrogens with one attached hydrogen (secondary N) is 1. The Bertz CT molecular complexity index is 3480. The van der Waals surface area contributed by atoms with Gasteiger partial charge in [-0.05, 0) is 161 Å². The summed E-state index contributed by atoms with van der Waals surface area (Å²) in [5, 5.41) is 33.9. The first-order valence-corrected chi connectivity index (χ1v) is 27.0. The average molecular weight is 1220 g/mol. The van der Waals surface area contributed by atoms with Gasteiger partial charge in [0, 0.05) is 79.7 Å². The van der Waals surface area contributed by atoms with Crippen molar-refractivity contribution in [2.45, 2.75) is 91.0 Å². The van der Waals surface area contributed by atoms with Gasteiger partial charge in [0.25, 0.3) is 0 Å². The molecule has 6 aromatic heterocycles. The molecule has 24 nitrogen and oxygen atoms in total. The van der Waals surface area contributed by atoms with E-state index in [-0.39, 0.29) is 77.7 Å². The number of carbonyl (C=O) groups is 1. The standard InChI is InChI=1S/C22H26BrF2N7O3.C21H23F2N9O.C10H17BN2O2/c1-22(2,3)35-21(33)31(4)9-5-6-10-34-16-8-7-15(17(24)18(16)25)32-20(28-29-30-32)14-11-13(23)12-27-19(14)26;1-25-7-3-4-8-33-17-6-5-16(18(22)19(17)23)32-21(28-29-30-32)15-9-13(10-26-20(15)24)14-11-27-31(2)12-14;1-9(2)10(3,4)15-11(14-9)8-6-12-13(5)7-8/h7-8,11-12H,5-6,9-10H2,1-4H3,(H2,26,27);5-6,9-12,25H,3-4,7-8H2,1-2H3,(H2,24,26);6-7H,1-5H3. The molecule has 5 N–H and O–H groups in total. The molecular formula is C53H66BBrF4N18O6. The average Bonchev–Trinajstić information content (AvgIpc) is 3.03. The van der Waals surface area contributed by atoms with Crippen molar-refractivity contribution in [3.63, 3.8) is 0 Å². The van der Waals surface area contributed by atoms with Gasteiger partial charge in [0.05, 0.1) is 41.7 Å². The van der Waals surface area contributed by atoms with Gasteiger partial charge in [-0.2, -0.15) is 28.3 Å². The highest BCUT2D eigenvalue weighted by molar-refractivity contribution is 9.10. The minimum Gasteiger partial charge on any atom is -0.490 e. The lowest BCUT2D eigenvalue weighted by molar-refractivity contribution is 0.00578. The third-order valence-corrected chi connectivity index (χ3v) is 13.4. The number of tetrazole rings is 2. The molecule has 30 heteroatoms. The monoisotopic (exact) mass is 1220 g/mol. The molecule has 1 aliphatic rings. The molecule has 0 radical (unpaired) electrons. The second-order valence-corrected chi connectivity index (χ2v) is 22.0. The van der Waals surface area contributed by atoms with Gasteiger partial charge in [-0.1, -0.05) is 0 Å². The van der Waals surface area contributed by atoms with Crippen molar-refractivity contribution in [3.8, 4) is 56.8 Å². The number of unbranched alkanes of at least 4 members (excludes halogenated alkanes) is 2. The highest BCUT2D eigenvalue weighted by Crippen LogP contribution is 2.37. The number of hydrogen-bond donors (Lipinski definition) is 3. The van der Waals surface area contributed by atoms with Crippen LogP contribution in [0.15, 0.2) is 78.1 Å². The first-order valence-electron chi connectivity index (χ1n) is 26.2. The predicted molar refractivity (Wildman–Crippen MR) is 305 cm³/mol. The summed E-state index contributed by atoms with van der Waals surface area (Å²) in [4.78, 5) is 21.6. The van der Waals surface area contributed by atoms with Gasteiger partial charge in [-0.15, -0.1) is 10.2 Å². The number of benzene rings is 2. The van der Waals surface area contributed by atoms with Crippen LogP contribution in [0, 0.1) is 23.3 Å². The van der Waals surface area contributed by atoms with Crippen LogP contribution in [0.4, 0.5) is 34.0 Å². The number of rotatable bonds is 18. The van der Waals surface area contributed by atoms with Gasteiger partial charge in [-0.25, -0.2) is 23.5 Å². The normalized spacial score (nSPS) is 13.5. The topological polar surface area (TPSA) is 279 Å². The first-order chi connectivity index (χ1) is 39.3. The second kappa shape index (κ2) is 26.9. The Hall–Kier alpha value is -8.09. The molecule has 1 fully saturated rings. The molecule has 8 aromatic rings. The maximum absolute atomic E-state index is 15.0. The van der Waals surface area contributed by atoms with Crippen molar-refractivity contribution in [1.29, 1.82) is 0 Å². The van der Waals surface area contributed by atoms with Crippen LogP contribution in [0.2, 0.25) is 0 Å². The van der Waals surface area contributed by atoms with E-state index in [1.807, 2.05) is 54.2 Å². The first kappa shape index (κ1) is 62.5. The Morgan fingerprint density at radius 3 is 1.75 bits per heavy atom. The number of nitrogen functional groups attached to an aromatic ring is 2. The molecule has 442 valence electrons. The predicted octanol–water partition coefficient (Wildman–Crippen LogP) is 7.46. The molecule has 2 aromatic carbocycles. The lowest BCUT2D eigenvalue weighted by atomic mass is 9.82. The summed E-state index contributed by atoms with van der Waals surface area (Å²) in [6.45, 7) is 15.2. The van der Waals surface area contributed by atoms with Crippen molar-refractivity contribution in [3.05, 3.63) is 101 Å². The molecule has 0 aliphatic carbocycles. The number of pyridine rings is 2. The van der Waals surface area contributed by atoms with Gasteiger partial charge in [0.2, 0.25) is 11.6 Å². The molecular weight excluding hydrogens is 1150 g/mol. The van der Waals surface area contributed by atoms with E-state index in [0.717, 1.165) is 38.9 Å². The zero-order valence-electron chi connectivity index (χ0n) is 47.9. The summed E-state index contributed by atoms with van der Waals surface area (Å²) in [7, 11) is 6.86. The van der Waals surface area contributed by atoms with Crippen molar-refractivity contribution in [2.24, 2.45) is 14.1 Å². The number of nitrogens with zero attached hydrogens (tertiary/aromatic N) is 15. The number of nitrogens with two attached hydrogens (primary N) is 2. The fourth-order valence-electron chi connectivity index (χ4n) is 7.83. The Morgan fingerprint density at radius 1 is 0.723 bits per heavy atom. The summed E-state index contributed by atoms with van der Waals surface area (Å²) >= 11 is 3.29. The number of aromatic nitrogens is 14. The molecule has 7 heterocycles. The van der Waals surface area contributed by atoms with Crippen molar-refractivity contribution in [1.82, 2.24) is 80.2 Å². The highest BCUT2D eigenvalue weighted by atomic mass is 79.9. The molecule has 0 saturated carbocycles. The summed E-state index contributed by atoms with van der Waals surface area (Å²) < 4.78 is 93.3.